The van der Waals surface area contributed by atoms with E-state index in [1.807, 2.05) is 0 Å². The molecule has 1 aliphatic heterocycles. The second kappa shape index (κ2) is 7.44. The molecule has 5 nitrogen and oxygen atoms in total. The van der Waals surface area contributed by atoms with Crippen LogP contribution in [0.1, 0.15) is 24.8 Å². The fourth-order valence-electron chi connectivity index (χ4n) is 2.98. The van der Waals surface area contributed by atoms with Gasteiger partial charge in [-0.05, 0) is 37.5 Å². The Kier molecular flexibility index (Phi) is 5.43. The van der Waals surface area contributed by atoms with Gasteiger partial charge in [0.25, 0.3) is 0 Å². The molecule has 2 fully saturated rings. The number of benzene rings is 1. The molecule has 1 aromatic carbocycles. The summed E-state index contributed by atoms with van der Waals surface area (Å²) < 4.78 is 44.0. The van der Waals surface area contributed by atoms with Gasteiger partial charge < -0.3 is 15.4 Å². The van der Waals surface area contributed by atoms with E-state index >= 15 is 0 Å². The van der Waals surface area contributed by atoms with Gasteiger partial charge in [0.15, 0.2) is 0 Å². The van der Waals surface area contributed by atoms with Crippen LogP contribution >= 0.6 is 11.6 Å². The first-order valence-corrected chi connectivity index (χ1v) is 8.70. The number of halogens is 4. The second-order valence-corrected chi connectivity index (χ2v) is 6.92. The summed E-state index contributed by atoms with van der Waals surface area (Å²) in [5.41, 5.74) is -1.02. The van der Waals surface area contributed by atoms with Gasteiger partial charge in [0, 0.05) is 18.8 Å². The van der Waals surface area contributed by atoms with Crippen molar-refractivity contribution in [1.29, 1.82) is 0 Å². The Bertz CT molecular complexity index is 705. The number of nitrogens with one attached hydrogen (secondary N) is 2. The predicted octanol–water partition coefficient (Wildman–Crippen LogP) is 3.23. The summed E-state index contributed by atoms with van der Waals surface area (Å²) in [4.78, 5) is 24.2. The molecule has 1 saturated carbocycles. The van der Waals surface area contributed by atoms with Crippen LogP contribution in [0.15, 0.2) is 18.2 Å². The molecule has 3 unspecified atom stereocenters. The molecule has 3 atom stereocenters. The van der Waals surface area contributed by atoms with E-state index in [9.17, 15) is 22.8 Å². The zero-order chi connectivity index (χ0) is 18.9. The number of rotatable bonds is 5. The molecular formula is C17H18ClF3N2O3. The van der Waals surface area contributed by atoms with Crippen molar-refractivity contribution in [3.63, 3.8) is 0 Å². The van der Waals surface area contributed by atoms with Gasteiger partial charge in [-0.15, -0.1) is 0 Å². The van der Waals surface area contributed by atoms with Crippen molar-refractivity contribution in [1.82, 2.24) is 5.32 Å². The van der Waals surface area contributed by atoms with Gasteiger partial charge in [0.1, 0.15) is 0 Å². The molecule has 2 N–H and O–H groups in total. The van der Waals surface area contributed by atoms with Crippen LogP contribution in [0.5, 0.6) is 0 Å². The number of carbonyl (C=O) groups is 2. The molecule has 0 bridgehead atoms. The highest BCUT2D eigenvalue weighted by Gasteiger charge is 2.48. The standard InChI is InChI=1S/C17H18ClF3N2O3/c18-14-4-3-9(6-13(14)17(19,20)21)23-16(25)12-7-11(12)15(24)22-8-10-2-1-5-26-10/h3-4,6,10-12H,1-2,5,7-8H2,(H,22,24)(H,23,25). The third-order valence-corrected chi connectivity index (χ3v) is 4.86. The average molecular weight is 391 g/mol. The third kappa shape index (κ3) is 4.48. The Hall–Kier alpha value is -1.80. The van der Waals surface area contributed by atoms with Crippen LogP contribution in [0.4, 0.5) is 18.9 Å². The number of alkyl halides is 3. The van der Waals surface area contributed by atoms with Gasteiger partial charge in [0.2, 0.25) is 11.8 Å². The van der Waals surface area contributed by atoms with Crippen LogP contribution < -0.4 is 10.6 Å². The Labute approximate surface area is 153 Å². The fraction of sp³-hybridized carbons (Fsp3) is 0.529. The molecule has 1 aromatic rings. The van der Waals surface area contributed by atoms with Gasteiger partial charge in [-0.3, -0.25) is 9.59 Å². The van der Waals surface area contributed by atoms with Crippen LogP contribution in [0.25, 0.3) is 0 Å². The first kappa shape index (κ1) is 19.0. The fourth-order valence-corrected chi connectivity index (χ4v) is 3.21. The van der Waals surface area contributed by atoms with Crippen molar-refractivity contribution in [3.8, 4) is 0 Å². The highest BCUT2D eigenvalue weighted by molar-refractivity contribution is 6.31. The number of amides is 2. The molecular weight excluding hydrogens is 373 g/mol. The Balaban J connectivity index is 1.52. The van der Waals surface area contributed by atoms with Gasteiger partial charge in [-0.1, -0.05) is 11.6 Å². The maximum atomic E-state index is 12.9. The molecule has 142 valence electrons. The minimum Gasteiger partial charge on any atom is -0.376 e. The first-order valence-electron chi connectivity index (χ1n) is 8.32. The highest BCUT2D eigenvalue weighted by Crippen LogP contribution is 2.40. The minimum atomic E-state index is -4.61. The van der Waals surface area contributed by atoms with E-state index in [1.165, 1.54) is 6.07 Å². The lowest BCUT2D eigenvalue weighted by Crippen LogP contribution is -2.33. The van der Waals surface area contributed by atoms with E-state index in [2.05, 4.69) is 10.6 Å². The first-order chi connectivity index (χ1) is 12.3. The van der Waals surface area contributed by atoms with Crippen LogP contribution in [0, 0.1) is 11.8 Å². The zero-order valence-corrected chi connectivity index (χ0v) is 14.5. The molecule has 3 rings (SSSR count). The molecule has 0 radical (unpaired) electrons. The molecule has 26 heavy (non-hydrogen) atoms. The molecule has 1 saturated heterocycles. The van der Waals surface area contributed by atoms with E-state index in [0.29, 0.717) is 19.6 Å². The summed E-state index contributed by atoms with van der Waals surface area (Å²) in [7, 11) is 0. The number of anilines is 1. The normalized spacial score (nSPS) is 25.0. The lowest BCUT2D eigenvalue weighted by atomic mass is 10.2. The number of carbonyl (C=O) groups excluding carboxylic acids is 2. The molecule has 2 amide bonds. The number of hydrogen-bond acceptors (Lipinski definition) is 3. The zero-order valence-electron chi connectivity index (χ0n) is 13.7. The van der Waals surface area contributed by atoms with Crippen molar-refractivity contribution >= 4 is 29.1 Å². The summed E-state index contributed by atoms with van der Waals surface area (Å²) in [6.07, 6.45) is -2.35. The largest absolute Gasteiger partial charge is 0.417 e. The molecule has 1 aliphatic carbocycles. The van der Waals surface area contributed by atoms with Gasteiger partial charge >= 0.3 is 6.18 Å². The summed E-state index contributed by atoms with van der Waals surface area (Å²) >= 11 is 5.55. The monoisotopic (exact) mass is 390 g/mol. The van der Waals surface area contributed by atoms with E-state index in [4.69, 9.17) is 16.3 Å². The lowest BCUT2D eigenvalue weighted by molar-refractivity contribution is -0.137. The molecule has 9 heteroatoms. The van der Waals surface area contributed by atoms with Crippen LogP contribution in [0.3, 0.4) is 0 Å². The molecule has 1 heterocycles. The number of hydrogen-bond donors (Lipinski definition) is 2. The SMILES string of the molecule is O=C(NCC1CCCO1)C1CC1C(=O)Nc1ccc(Cl)c(C(F)(F)F)c1. The molecule has 2 aliphatic rings. The van der Waals surface area contributed by atoms with E-state index < -0.39 is 34.5 Å². The van der Waals surface area contributed by atoms with Gasteiger partial charge in [0.05, 0.1) is 28.5 Å². The summed E-state index contributed by atoms with van der Waals surface area (Å²) in [6.45, 7) is 1.10. The topological polar surface area (TPSA) is 67.4 Å². The predicted molar refractivity (Wildman–Crippen MR) is 88.7 cm³/mol. The van der Waals surface area contributed by atoms with Gasteiger partial charge in [-0.25, -0.2) is 0 Å². The third-order valence-electron chi connectivity index (χ3n) is 4.53. The summed E-state index contributed by atoms with van der Waals surface area (Å²) in [6, 6.07) is 3.16. The van der Waals surface area contributed by atoms with Crippen molar-refractivity contribution in [3.05, 3.63) is 28.8 Å². The second-order valence-electron chi connectivity index (χ2n) is 6.51. The van der Waals surface area contributed by atoms with Crippen LogP contribution in [0.2, 0.25) is 5.02 Å². The molecule has 0 spiro atoms. The maximum Gasteiger partial charge on any atom is 0.417 e. The van der Waals surface area contributed by atoms with Crippen molar-refractivity contribution in [2.75, 3.05) is 18.5 Å². The van der Waals surface area contributed by atoms with Crippen LogP contribution in [-0.4, -0.2) is 31.1 Å². The lowest BCUT2D eigenvalue weighted by Gasteiger charge is -2.12. The van der Waals surface area contributed by atoms with E-state index in [-0.39, 0.29) is 17.7 Å². The molecule has 0 aromatic heterocycles. The van der Waals surface area contributed by atoms with Crippen molar-refractivity contribution < 1.29 is 27.5 Å². The van der Waals surface area contributed by atoms with Gasteiger partial charge in [-0.2, -0.15) is 13.2 Å². The Morgan fingerprint density at radius 2 is 1.96 bits per heavy atom. The Morgan fingerprint density at radius 1 is 1.23 bits per heavy atom. The summed E-state index contributed by atoms with van der Waals surface area (Å²) in [5.74, 6) is -1.69. The quantitative estimate of drug-likeness (QED) is 0.811. The number of ether oxygens (including phenoxy) is 1. The maximum absolute atomic E-state index is 12.9. The average Bonchev–Trinajstić information content (AvgIpc) is 3.21. The smallest absolute Gasteiger partial charge is 0.376 e. The van der Waals surface area contributed by atoms with E-state index in [1.54, 1.807) is 0 Å². The summed E-state index contributed by atoms with van der Waals surface area (Å²) in [5, 5.41) is 4.75. The van der Waals surface area contributed by atoms with Crippen molar-refractivity contribution in [2.24, 2.45) is 11.8 Å². The Morgan fingerprint density at radius 3 is 2.62 bits per heavy atom. The van der Waals surface area contributed by atoms with Crippen LogP contribution in [-0.2, 0) is 20.5 Å². The van der Waals surface area contributed by atoms with E-state index in [0.717, 1.165) is 25.0 Å². The highest BCUT2D eigenvalue weighted by atomic mass is 35.5. The van der Waals surface area contributed by atoms with Crippen molar-refractivity contribution in [2.45, 2.75) is 31.5 Å². The minimum absolute atomic E-state index is 0.00265.